The topological polar surface area (TPSA) is 54.0 Å². The molecule has 20 aromatic rings. The number of aromatic nitrogens is 2. The first-order valence-corrected chi connectivity index (χ1v) is 41.5. The molecular weight excluding hydrogens is 1470 g/mol. The minimum Gasteiger partial charge on any atom is -0.454 e. The van der Waals surface area contributed by atoms with E-state index in [0.29, 0.717) is 5.95 Å². The number of hydrogen-bond donors (Lipinski definition) is 0. The molecule has 25 rings (SSSR count). The van der Waals surface area contributed by atoms with Crippen molar-refractivity contribution in [1.82, 2.24) is 9.97 Å². The van der Waals surface area contributed by atoms with Crippen LogP contribution in [0, 0.1) is 0 Å². The lowest BCUT2D eigenvalue weighted by Crippen LogP contribution is -2.34. The van der Waals surface area contributed by atoms with Gasteiger partial charge in [0.25, 0.3) is 0 Å². The molecule has 12 bridgehead atoms. The van der Waals surface area contributed by atoms with Gasteiger partial charge in [0.05, 0.1) is 44.8 Å². The Morgan fingerprint density at radius 1 is 0.248 bits per heavy atom. The van der Waals surface area contributed by atoms with Crippen LogP contribution >= 0.6 is 0 Å². The fourth-order valence-corrected chi connectivity index (χ4v) is 20.8. The van der Waals surface area contributed by atoms with E-state index in [4.69, 9.17) is 19.4 Å². The van der Waals surface area contributed by atoms with Crippen LogP contribution < -0.4 is 24.2 Å². The van der Waals surface area contributed by atoms with E-state index in [1.54, 1.807) is 0 Å². The summed E-state index contributed by atoms with van der Waals surface area (Å²) in [4.78, 5) is 18.3. The summed E-state index contributed by atoms with van der Waals surface area (Å²) in [6, 6.07) is 158. The van der Waals surface area contributed by atoms with Crippen molar-refractivity contribution in [2.75, 3.05) is 14.7 Å². The van der Waals surface area contributed by atoms with Crippen LogP contribution in [0.2, 0.25) is 0 Å². The van der Waals surface area contributed by atoms with Gasteiger partial charge in [-0.05, 0) is 174 Å². The number of rotatable bonds is 11. The quantitative estimate of drug-likeness (QED) is 0.128. The largest absolute Gasteiger partial charge is 0.454 e. The number of fused-ring (bicyclic) bond motifs is 8. The monoisotopic (exact) mass is 1540 g/mol. The van der Waals surface area contributed by atoms with E-state index in [0.717, 1.165) is 190 Å². The summed E-state index contributed by atoms with van der Waals surface area (Å²) in [7, 11) is 0. The van der Waals surface area contributed by atoms with Crippen LogP contribution in [0.25, 0.3) is 110 Å². The summed E-state index contributed by atoms with van der Waals surface area (Å²) in [6.07, 6.45) is 0. The minimum atomic E-state index is -0.856. The molecule has 0 fully saturated rings. The predicted molar refractivity (Wildman–Crippen MR) is 494 cm³/mol. The summed E-state index contributed by atoms with van der Waals surface area (Å²) < 4.78 is 15.5. The Labute approximate surface area is 700 Å². The molecule has 19 aromatic carbocycles. The predicted octanol–water partition coefficient (Wildman–Crippen LogP) is 29.9. The van der Waals surface area contributed by atoms with Gasteiger partial charge in [0.2, 0.25) is 5.95 Å². The zero-order chi connectivity index (χ0) is 79.4. The van der Waals surface area contributed by atoms with Gasteiger partial charge in [0.15, 0.2) is 11.5 Å². The fourth-order valence-electron chi connectivity index (χ4n) is 20.8. The van der Waals surface area contributed by atoms with Crippen LogP contribution in [0.1, 0.15) is 44.5 Å². The standard InChI is InChI=1S/C114H71N5O2/c1-5-29-72(30-6-1)77-36-22-43-84(70-77)117(82-63-65-83(66-64-82)118-100-57-19-15-45-87(100)89-50-24-33-73-61-67-97-110(104(73)89)120-108-95(54-27-59-102(108)118)113(97,80-39-9-3-10-40-80)81-41-11-4-12-42-81)85-44-23-37-78(71-85)76-35-21-38-79(69-76)86-49-26-53-94-106(86)91-47-13-17-52-93(91)114(94)96-55-28-60-103-109(96)121-111-98(114)68-62-74-34-25-51-90(105(74)111)88-46-16-20-58-101(88)119(103)112-115-99-56-18-14-48-92(99)107(116-112)75-31-7-2-8-32-75/h1-71H. The van der Waals surface area contributed by atoms with Crippen LogP contribution in [0.5, 0.6) is 23.0 Å². The van der Waals surface area contributed by atoms with Crippen molar-refractivity contribution < 1.29 is 9.47 Å². The molecule has 7 heteroatoms. The van der Waals surface area contributed by atoms with E-state index in [9.17, 15) is 0 Å². The fraction of sp³-hybridized carbons (Fsp3) is 0.0175. The highest BCUT2D eigenvalue weighted by Gasteiger charge is 2.54. The van der Waals surface area contributed by atoms with E-state index in [1.807, 2.05) is 0 Å². The first-order chi connectivity index (χ1) is 60.0. The zero-order valence-electron chi connectivity index (χ0n) is 65.5. The van der Waals surface area contributed by atoms with E-state index < -0.39 is 10.8 Å². The summed E-state index contributed by atoms with van der Waals surface area (Å²) in [5, 5.41) is 5.33. The smallest absolute Gasteiger partial charge is 0.235 e. The lowest BCUT2D eigenvalue weighted by molar-refractivity contribution is 0.441. The Bertz CT molecular complexity index is 7640. The van der Waals surface area contributed by atoms with E-state index >= 15 is 0 Å². The minimum absolute atomic E-state index is 0.542. The number of para-hydroxylation sites is 5. The number of ether oxygens (including phenoxy) is 2. The molecule has 0 saturated carbocycles. The molecule has 7 nitrogen and oxygen atoms in total. The van der Waals surface area contributed by atoms with Crippen molar-refractivity contribution in [3.05, 3.63) is 475 Å². The second kappa shape index (κ2) is 26.8. The van der Waals surface area contributed by atoms with Gasteiger partial charge in [0.1, 0.15) is 11.5 Å². The summed E-state index contributed by atoms with van der Waals surface area (Å²) in [6.45, 7) is 0. The maximum atomic E-state index is 7.83. The molecule has 0 saturated heterocycles. The van der Waals surface area contributed by atoms with Crippen molar-refractivity contribution in [1.29, 1.82) is 0 Å². The van der Waals surface area contributed by atoms with Gasteiger partial charge in [-0.2, -0.15) is 0 Å². The summed E-state index contributed by atoms with van der Waals surface area (Å²) >= 11 is 0. The molecule has 5 aliphatic rings. The normalized spacial score (nSPS) is 14.3. The molecule has 5 heterocycles. The van der Waals surface area contributed by atoms with Crippen LogP contribution in [0.15, 0.2) is 431 Å². The summed E-state index contributed by atoms with van der Waals surface area (Å²) in [5.41, 5.74) is 31.3. The van der Waals surface area contributed by atoms with Gasteiger partial charge in [-0.15, -0.1) is 0 Å². The Hall–Kier alpha value is -16.0. The molecule has 1 aliphatic carbocycles. The highest BCUT2D eigenvalue weighted by molar-refractivity contribution is 6.11. The maximum Gasteiger partial charge on any atom is 0.235 e. The van der Waals surface area contributed by atoms with Gasteiger partial charge in [-0.3, -0.25) is 4.90 Å². The van der Waals surface area contributed by atoms with Gasteiger partial charge < -0.3 is 19.3 Å². The van der Waals surface area contributed by atoms with Crippen LogP contribution in [-0.2, 0) is 10.8 Å². The third-order valence-electron chi connectivity index (χ3n) is 25.9. The first kappa shape index (κ1) is 68.3. The van der Waals surface area contributed by atoms with Gasteiger partial charge in [-0.1, -0.05) is 346 Å². The van der Waals surface area contributed by atoms with E-state index in [1.165, 1.54) is 33.4 Å². The molecule has 0 N–H and O–H groups in total. The second-order valence-corrected chi connectivity index (χ2v) is 32.1. The van der Waals surface area contributed by atoms with Gasteiger partial charge in [-0.25, -0.2) is 9.97 Å². The molecule has 121 heavy (non-hydrogen) atoms. The number of benzene rings is 19. The highest BCUT2D eigenvalue weighted by atomic mass is 16.5. The Kier molecular flexibility index (Phi) is 15.1. The molecule has 0 amide bonds. The SMILES string of the molecule is c1ccc(-c2cccc(N(c3ccc(N4c5ccccc5-c5cccc6ccc7c(c56)Oc5c4cccc5C7(c4ccccc4)c4ccccc4)cc3)c3cccc(-c4cccc(-c5cccc6c5-c5ccccc5C65c6cccc7c6Oc6c5ccc5cccc(c65)-c5ccccc5N7c5nc(-c6ccccc6)c6ccccc6n5)c4)c3)c2)cc1. The third kappa shape index (κ3) is 10.1. The lowest BCUT2D eigenvalue weighted by atomic mass is 9.63. The van der Waals surface area contributed by atoms with Crippen molar-refractivity contribution in [3.63, 3.8) is 0 Å². The average molecular weight is 1540 g/mol. The van der Waals surface area contributed by atoms with Crippen molar-refractivity contribution in [3.8, 4) is 101 Å². The lowest BCUT2D eigenvalue weighted by Gasteiger charge is -2.43. The first-order valence-electron chi connectivity index (χ1n) is 41.5. The van der Waals surface area contributed by atoms with Gasteiger partial charge >= 0.3 is 0 Å². The summed E-state index contributed by atoms with van der Waals surface area (Å²) in [5.74, 6) is 3.82. The number of hydrogen-bond acceptors (Lipinski definition) is 7. The number of nitrogens with zero attached hydrogens (tertiary/aromatic N) is 5. The van der Waals surface area contributed by atoms with E-state index in [-0.39, 0.29) is 0 Å². The van der Waals surface area contributed by atoms with Gasteiger partial charge in [0, 0.05) is 77.9 Å². The van der Waals surface area contributed by atoms with Crippen LogP contribution in [-0.4, -0.2) is 9.97 Å². The Morgan fingerprint density at radius 2 is 0.678 bits per heavy atom. The zero-order valence-corrected chi connectivity index (χ0v) is 65.5. The molecule has 564 valence electrons. The van der Waals surface area contributed by atoms with Crippen LogP contribution in [0.3, 0.4) is 0 Å². The van der Waals surface area contributed by atoms with Crippen molar-refractivity contribution in [2.45, 2.75) is 10.8 Å². The molecular formula is C114H71N5O2. The molecule has 1 aromatic heterocycles. The molecule has 1 atom stereocenters. The molecule has 1 spiro atoms. The maximum absolute atomic E-state index is 7.83. The second-order valence-electron chi connectivity index (χ2n) is 32.1. The third-order valence-corrected chi connectivity index (χ3v) is 25.9. The highest BCUT2D eigenvalue weighted by Crippen LogP contribution is 2.68. The molecule has 4 aliphatic heterocycles. The molecule has 0 radical (unpaired) electrons. The van der Waals surface area contributed by atoms with Crippen molar-refractivity contribution >= 4 is 83.9 Å². The number of anilines is 9. The Balaban J connectivity index is 0.642. The Morgan fingerprint density at radius 3 is 1.32 bits per heavy atom. The van der Waals surface area contributed by atoms with E-state index in [2.05, 4.69) is 445 Å². The van der Waals surface area contributed by atoms with Crippen LogP contribution in [0.4, 0.5) is 51.4 Å². The average Bonchev–Trinajstić information content (AvgIpc) is 1.51. The molecule has 1 unspecified atom stereocenters. The van der Waals surface area contributed by atoms with Crippen molar-refractivity contribution in [2.24, 2.45) is 0 Å².